The van der Waals surface area contributed by atoms with Crippen LogP contribution in [0.4, 0.5) is 22.7 Å². The summed E-state index contributed by atoms with van der Waals surface area (Å²) in [6, 6.07) is 13.2. The van der Waals surface area contributed by atoms with Crippen LogP contribution < -0.4 is 16.0 Å². The van der Waals surface area contributed by atoms with Crippen LogP contribution >= 0.6 is 0 Å². The fourth-order valence-electron chi connectivity index (χ4n) is 2.12. The molecule has 0 aliphatic heterocycles. The van der Waals surface area contributed by atoms with Gasteiger partial charge < -0.3 is 20.7 Å². The minimum Gasteiger partial charge on any atom is -0.462 e. The third-order valence-electron chi connectivity index (χ3n) is 3.24. The number of anilines is 4. The van der Waals surface area contributed by atoms with Crippen molar-refractivity contribution >= 4 is 28.7 Å². The van der Waals surface area contributed by atoms with E-state index >= 15 is 0 Å². The number of esters is 1. The average Bonchev–Trinajstić information content (AvgIpc) is 2.55. The van der Waals surface area contributed by atoms with E-state index in [0.717, 1.165) is 22.7 Å². The standard InChI is InChI=1S/C17H21N3O2/c1-4-22-17(21)12-5-7-13(8-6-12)20-14-9-10-15(18-2)16(11-14)19-3/h5-11,18-20H,4H2,1-3H3. The van der Waals surface area contributed by atoms with Crippen LogP contribution in [0, 0.1) is 0 Å². The molecule has 3 N–H and O–H groups in total. The third kappa shape index (κ3) is 3.69. The van der Waals surface area contributed by atoms with Crippen molar-refractivity contribution < 1.29 is 9.53 Å². The first-order chi connectivity index (χ1) is 10.7. The first-order valence-electron chi connectivity index (χ1n) is 7.21. The molecule has 0 radical (unpaired) electrons. The average molecular weight is 299 g/mol. The number of ether oxygens (including phenoxy) is 1. The normalized spacial score (nSPS) is 9.95. The molecule has 0 saturated carbocycles. The van der Waals surface area contributed by atoms with Crippen LogP contribution in [-0.4, -0.2) is 26.7 Å². The minimum atomic E-state index is -0.301. The second-order valence-corrected chi connectivity index (χ2v) is 4.68. The largest absolute Gasteiger partial charge is 0.462 e. The van der Waals surface area contributed by atoms with Gasteiger partial charge in [0.15, 0.2) is 0 Å². The maximum Gasteiger partial charge on any atom is 0.338 e. The lowest BCUT2D eigenvalue weighted by atomic mass is 10.2. The Kier molecular flexibility index (Phi) is 5.25. The zero-order valence-corrected chi connectivity index (χ0v) is 13.1. The maximum atomic E-state index is 11.6. The van der Waals surface area contributed by atoms with Gasteiger partial charge >= 0.3 is 5.97 Å². The zero-order chi connectivity index (χ0) is 15.9. The summed E-state index contributed by atoms with van der Waals surface area (Å²) in [6.07, 6.45) is 0. The summed E-state index contributed by atoms with van der Waals surface area (Å²) >= 11 is 0. The van der Waals surface area contributed by atoms with E-state index < -0.39 is 0 Å². The summed E-state index contributed by atoms with van der Waals surface area (Å²) in [4.78, 5) is 11.6. The summed E-state index contributed by atoms with van der Waals surface area (Å²) in [5.41, 5.74) is 4.47. The van der Waals surface area contributed by atoms with Gasteiger partial charge in [-0.15, -0.1) is 0 Å². The topological polar surface area (TPSA) is 62.4 Å². The van der Waals surface area contributed by atoms with Gasteiger partial charge in [-0.1, -0.05) is 0 Å². The number of benzene rings is 2. The van der Waals surface area contributed by atoms with Crippen molar-refractivity contribution in [3.05, 3.63) is 48.0 Å². The molecule has 2 rings (SSSR count). The van der Waals surface area contributed by atoms with E-state index in [0.29, 0.717) is 12.2 Å². The highest BCUT2D eigenvalue weighted by molar-refractivity contribution is 5.90. The Morgan fingerprint density at radius 2 is 1.59 bits per heavy atom. The van der Waals surface area contributed by atoms with Crippen molar-refractivity contribution in [2.75, 3.05) is 36.7 Å². The van der Waals surface area contributed by atoms with Crippen molar-refractivity contribution in [1.29, 1.82) is 0 Å². The van der Waals surface area contributed by atoms with Crippen LogP contribution in [-0.2, 0) is 4.74 Å². The van der Waals surface area contributed by atoms with Crippen LogP contribution in [0.3, 0.4) is 0 Å². The highest BCUT2D eigenvalue weighted by Gasteiger charge is 2.06. The molecule has 116 valence electrons. The highest BCUT2D eigenvalue weighted by Crippen LogP contribution is 2.27. The van der Waals surface area contributed by atoms with Crippen molar-refractivity contribution in [3.63, 3.8) is 0 Å². The van der Waals surface area contributed by atoms with E-state index in [4.69, 9.17) is 4.74 Å². The smallest absolute Gasteiger partial charge is 0.338 e. The fourth-order valence-corrected chi connectivity index (χ4v) is 2.12. The molecule has 0 unspecified atom stereocenters. The van der Waals surface area contributed by atoms with Crippen molar-refractivity contribution in [2.45, 2.75) is 6.92 Å². The molecule has 2 aromatic carbocycles. The molecule has 5 heteroatoms. The molecule has 0 heterocycles. The first kappa shape index (κ1) is 15.7. The van der Waals surface area contributed by atoms with Crippen molar-refractivity contribution in [2.24, 2.45) is 0 Å². The van der Waals surface area contributed by atoms with E-state index in [1.165, 1.54) is 0 Å². The first-order valence-corrected chi connectivity index (χ1v) is 7.21. The second kappa shape index (κ2) is 7.36. The molecular weight excluding hydrogens is 278 g/mol. The van der Waals surface area contributed by atoms with E-state index in [-0.39, 0.29) is 5.97 Å². The Balaban J connectivity index is 2.12. The monoisotopic (exact) mass is 299 g/mol. The molecule has 0 bridgehead atoms. The van der Waals surface area contributed by atoms with Gasteiger partial charge in [0.25, 0.3) is 0 Å². The number of rotatable bonds is 6. The second-order valence-electron chi connectivity index (χ2n) is 4.68. The van der Waals surface area contributed by atoms with Gasteiger partial charge in [-0.3, -0.25) is 0 Å². The van der Waals surface area contributed by atoms with E-state index in [9.17, 15) is 4.79 Å². The molecule has 0 aliphatic carbocycles. The summed E-state index contributed by atoms with van der Waals surface area (Å²) < 4.78 is 4.97. The molecule has 0 saturated heterocycles. The van der Waals surface area contributed by atoms with Crippen LogP contribution in [0.1, 0.15) is 17.3 Å². The molecule has 5 nitrogen and oxygen atoms in total. The fraction of sp³-hybridized carbons (Fsp3) is 0.235. The third-order valence-corrected chi connectivity index (χ3v) is 3.24. The maximum absolute atomic E-state index is 11.6. The number of nitrogens with one attached hydrogen (secondary N) is 3. The highest BCUT2D eigenvalue weighted by atomic mass is 16.5. The van der Waals surface area contributed by atoms with E-state index in [2.05, 4.69) is 16.0 Å². The SMILES string of the molecule is CCOC(=O)c1ccc(Nc2ccc(NC)c(NC)c2)cc1. The van der Waals surface area contributed by atoms with Gasteiger partial charge in [0.2, 0.25) is 0 Å². The summed E-state index contributed by atoms with van der Waals surface area (Å²) in [7, 11) is 3.77. The molecular formula is C17H21N3O2. The quantitative estimate of drug-likeness (QED) is 0.710. The summed E-state index contributed by atoms with van der Waals surface area (Å²) in [5, 5.41) is 9.58. The molecule has 0 amide bonds. The van der Waals surface area contributed by atoms with Gasteiger partial charge in [0, 0.05) is 25.5 Å². The van der Waals surface area contributed by atoms with Gasteiger partial charge in [-0.2, -0.15) is 0 Å². The predicted octanol–water partition coefficient (Wildman–Crippen LogP) is 3.69. The number of carbonyl (C=O) groups excluding carboxylic acids is 1. The lowest BCUT2D eigenvalue weighted by Gasteiger charge is -2.12. The zero-order valence-electron chi connectivity index (χ0n) is 13.1. The van der Waals surface area contributed by atoms with Crippen molar-refractivity contribution in [1.82, 2.24) is 0 Å². The van der Waals surface area contributed by atoms with Crippen LogP contribution in [0.25, 0.3) is 0 Å². The van der Waals surface area contributed by atoms with Crippen LogP contribution in [0.15, 0.2) is 42.5 Å². The van der Waals surface area contributed by atoms with E-state index in [1.54, 1.807) is 19.1 Å². The molecule has 22 heavy (non-hydrogen) atoms. The van der Waals surface area contributed by atoms with Crippen LogP contribution in [0.2, 0.25) is 0 Å². The predicted molar refractivity (Wildman–Crippen MR) is 91.2 cm³/mol. The van der Waals surface area contributed by atoms with Crippen molar-refractivity contribution in [3.8, 4) is 0 Å². The Hall–Kier alpha value is -2.69. The molecule has 0 spiro atoms. The summed E-state index contributed by atoms with van der Waals surface area (Å²) in [5.74, 6) is -0.301. The van der Waals surface area contributed by atoms with Gasteiger partial charge in [0.1, 0.15) is 0 Å². The molecule has 0 aromatic heterocycles. The number of hydrogen-bond acceptors (Lipinski definition) is 5. The van der Waals surface area contributed by atoms with Crippen LogP contribution in [0.5, 0.6) is 0 Å². The Bertz CT molecular complexity index is 639. The Labute approximate surface area is 130 Å². The number of hydrogen-bond donors (Lipinski definition) is 3. The van der Waals surface area contributed by atoms with Gasteiger partial charge in [0.05, 0.1) is 23.5 Å². The Morgan fingerprint density at radius 3 is 2.18 bits per heavy atom. The lowest BCUT2D eigenvalue weighted by molar-refractivity contribution is 0.0526. The molecule has 2 aromatic rings. The Morgan fingerprint density at radius 1 is 0.955 bits per heavy atom. The minimum absolute atomic E-state index is 0.301. The lowest BCUT2D eigenvalue weighted by Crippen LogP contribution is -2.04. The molecule has 0 fully saturated rings. The molecule has 0 aliphatic rings. The van der Waals surface area contributed by atoms with Gasteiger partial charge in [-0.05, 0) is 49.4 Å². The number of carbonyl (C=O) groups is 1. The molecule has 0 atom stereocenters. The van der Waals surface area contributed by atoms with Gasteiger partial charge in [-0.25, -0.2) is 4.79 Å². The van der Waals surface area contributed by atoms with E-state index in [1.807, 2.05) is 44.4 Å². The summed E-state index contributed by atoms with van der Waals surface area (Å²) in [6.45, 7) is 2.17.